The van der Waals surface area contributed by atoms with Gasteiger partial charge in [0.2, 0.25) is 0 Å². The van der Waals surface area contributed by atoms with Gasteiger partial charge in [0.05, 0.1) is 0 Å². The molecule has 1 aliphatic heterocycles. The van der Waals surface area contributed by atoms with Crippen LogP contribution >= 0.6 is 0 Å². The molecule has 1 heterocycles. The summed E-state index contributed by atoms with van der Waals surface area (Å²) in [6.45, 7) is 4.44. The van der Waals surface area contributed by atoms with Crippen molar-refractivity contribution in [1.82, 2.24) is 0 Å². The van der Waals surface area contributed by atoms with Gasteiger partial charge in [0.25, 0.3) is 0 Å². The minimum Gasteiger partial charge on any atom is -0.382 e. The smallest absolute Gasteiger partial charge is 0.0374 e. The number of hydrogen-bond acceptors (Lipinski definition) is 1. The van der Waals surface area contributed by atoms with Crippen LogP contribution in [0.1, 0.15) is 28.7 Å². The van der Waals surface area contributed by atoms with Gasteiger partial charge in [0, 0.05) is 11.7 Å². The molecule has 0 amide bonds. The zero-order valence-corrected chi connectivity index (χ0v) is 11.7. The van der Waals surface area contributed by atoms with E-state index in [1.807, 2.05) is 0 Å². The van der Waals surface area contributed by atoms with E-state index >= 15 is 0 Å². The molecule has 0 spiro atoms. The number of para-hydroxylation sites is 1. The lowest BCUT2D eigenvalue weighted by Crippen LogP contribution is -2.28. The average Bonchev–Trinajstić information content (AvgIpc) is 2.43. The van der Waals surface area contributed by atoms with Gasteiger partial charge in [-0.3, -0.25) is 0 Å². The monoisotopic (exact) mass is 251 g/mol. The van der Waals surface area contributed by atoms with Crippen LogP contribution in [0.2, 0.25) is 0 Å². The fourth-order valence-corrected chi connectivity index (χ4v) is 3.07. The van der Waals surface area contributed by atoms with Crippen molar-refractivity contribution in [3.8, 4) is 0 Å². The number of nitrogens with one attached hydrogen (secondary N) is 1. The topological polar surface area (TPSA) is 12.0 Å². The number of fused-ring (bicyclic) bond motifs is 1. The van der Waals surface area contributed by atoms with E-state index in [-0.39, 0.29) is 0 Å². The molecule has 0 saturated carbocycles. The Bertz CT molecular complexity index is 566. The van der Waals surface area contributed by atoms with Gasteiger partial charge >= 0.3 is 0 Å². The third-order valence-electron chi connectivity index (χ3n) is 4.23. The van der Waals surface area contributed by atoms with Crippen molar-refractivity contribution >= 4 is 5.69 Å². The van der Waals surface area contributed by atoms with E-state index in [1.165, 1.54) is 40.8 Å². The summed E-state index contributed by atoms with van der Waals surface area (Å²) in [4.78, 5) is 0. The summed E-state index contributed by atoms with van der Waals surface area (Å²) in [5, 5.41) is 3.70. The summed E-state index contributed by atoms with van der Waals surface area (Å²) in [5.41, 5.74) is 7.13. The fraction of sp³-hybridized carbons (Fsp3) is 0.333. The van der Waals surface area contributed by atoms with Gasteiger partial charge in [-0.05, 0) is 61.4 Å². The molecule has 19 heavy (non-hydrogen) atoms. The molecule has 1 nitrogen and oxygen atoms in total. The second-order valence-corrected chi connectivity index (χ2v) is 5.61. The van der Waals surface area contributed by atoms with Crippen LogP contribution in [0.3, 0.4) is 0 Å². The SMILES string of the molecule is Cc1cccc(C)c1CC1CCc2ccccc2N1. The quantitative estimate of drug-likeness (QED) is 0.840. The first-order valence-electron chi connectivity index (χ1n) is 7.13. The Morgan fingerprint density at radius 1 is 1.00 bits per heavy atom. The van der Waals surface area contributed by atoms with E-state index in [4.69, 9.17) is 0 Å². The summed E-state index contributed by atoms with van der Waals surface area (Å²) in [6, 6.07) is 15.8. The number of hydrogen-bond donors (Lipinski definition) is 1. The Hall–Kier alpha value is -1.76. The second kappa shape index (κ2) is 5.08. The van der Waals surface area contributed by atoms with E-state index in [0.29, 0.717) is 6.04 Å². The van der Waals surface area contributed by atoms with Gasteiger partial charge in [-0.1, -0.05) is 36.4 Å². The molecular formula is C18H21N. The van der Waals surface area contributed by atoms with Crippen molar-refractivity contribution in [3.05, 3.63) is 64.7 Å². The van der Waals surface area contributed by atoms with Crippen molar-refractivity contribution in [3.63, 3.8) is 0 Å². The normalized spacial score (nSPS) is 17.7. The molecule has 98 valence electrons. The molecule has 0 fully saturated rings. The van der Waals surface area contributed by atoms with Gasteiger partial charge in [0.15, 0.2) is 0 Å². The summed E-state index contributed by atoms with van der Waals surface area (Å²) >= 11 is 0. The molecule has 2 aromatic carbocycles. The van der Waals surface area contributed by atoms with E-state index in [1.54, 1.807) is 0 Å². The summed E-state index contributed by atoms with van der Waals surface area (Å²) in [5.74, 6) is 0. The van der Waals surface area contributed by atoms with Crippen LogP contribution in [-0.4, -0.2) is 6.04 Å². The molecule has 0 aliphatic carbocycles. The highest BCUT2D eigenvalue weighted by molar-refractivity contribution is 5.54. The van der Waals surface area contributed by atoms with E-state index < -0.39 is 0 Å². The van der Waals surface area contributed by atoms with E-state index in [0.717, 1.165) is 6.42 Å². The predicted molar refractivity (Wildman–Crippen MR) is 81.8 cm³/mol. The van der Waals surface area contributed by atoms with Crippen LogP contribution in [-0.2, 0) is 12.8 Å². The molecule has 3 rings (SSSR count). The van der Waals surface area contributed by atoms with Crippen molar-refractivity contribution in [1.29, 1.82) is 0 Å². The Labute approximate surface area is 115 Å². The Kier molecular flexibility index (Phi) is 3.29. The summed E-state index contributed by atoms with van der Waals surface area (Å²) in [7, 11) is 0. The van der Waals surface area contributed by atoms with Crippen molar-refractivity contribution < 1.29 is 0 Å². The lowest BCUT2D eigenvalue weighted by atomic mass is 9.90. The van der Waals surface area contributed by atoms with Gasteiger partial charge in [0.1, 0.15) is 0 Å². The van der Waals surface area contributed by atoms with E-state index in [9.17, 15) is 0 Å². The number of benzene rings is 2. The van der Waals surface area contributed by atoms with Crippen molar-refractivity contribution in [2.24, 2.45) is 0 Å². The molecule has 2 aromatic rings. The molecule has 1 atom stereocenters. The molecular weight excluding hydrogens is 230 g/mol. The second-order valence-electron chi connectivity index (χ2n) is 5.61. The number of anilines is 1. The van der Waals surface area contributed by atoms with Crippen LogP contribution in [0.25, 0.3) is 0 Å². The third-order valence-corrected chi connectivity index (χ3v) is 4.23. The maximum atomic E-state index is 3.70. The van der Waals surface area contributed by atoms with Crippen molar-refractivity contribution in [2.45, 2.75) is 39.2 Å². The molecule has 0 radical (unpaired) electrons. The van der Waals surface area contributed by atoms with Crippen molar-refractivity contribution in [2.75, 3.05) is 5.32 Å². The average molecular weight is 251 g/mol. The third kappa shape index (κ3) is 2.51. The highest BCUT2D eigenvalue weighted by atomic mass is 14.9. The highest BCUT2D eigenvalue weighted by Gasteiger charge is 2.18. The number of aryl methyl sites for hydroxylation is 3. The van der Waals surface area contributed by atoms with Crippen LogP contribution in [0.5, 0.6) is 0 Å². The predicted octanol–water partition coefficient (Wildman–Crippen LogP) is 4.27. The standard InChI is InChI=1S/C18H21N/c1-13-6-5-7-14(2)17(13)12-16-11-10-15-8-3-4-9-18(15)19-16/h3-9,16,19H,10-12H2,1-2H3. The van der Waals surface area contributed by atoms with Crippen LogP contribution in [0.15, 0.2) is 42.5 Å². The molecule has 0 aromatic heterocycles. The van der Waals surface area contributed by atoms with Crippen LogP contribution in [0.4, 0.5) is 5.69 Å². The minimum atomic E-state index is 0.565. The van der Waals surface area contributed by atoms with Gasteiger partial charge in [-0.25, -0.2) is 0 Å². The molecule has 0 saturated heterocycles. The maximum absolute atomic E-state index is 3.70. The minimum absolute atomic E-state index is 0.565. The van der Waals surface area contributed by atoms with E-state index in [2.05, 4.69) is 61.6 Å². The first-order valence-corrected chi connectivity index (χ1v) is 7.13. The largest absolute Gasteiger partial charge is 0.382 e. The Morgan fingerprint density at radius 2 is 1.74 bits per heavy atom. The Morgan fingerprint density at radius 3 is 2.53 bits per heavy atom. The zero-order chi connectivity index (χ0) is 13.2. The fourth-order valence-electron chi connectivity index (χ4n) is 3.07. The highest BCUT2D eigenvalue weighted by Crippen LogP contribution is 2.27. The van der Waals surface area contributed by atoms with Gasteiger partial charge < -0.3 is 5.32 Å². The first-order chi connectivity index (χ1) is 9.24. The molecule has 1 heteroatoms. The summed E-state index contributed by atoms with van der Waals surface area (Å²) < 4.78 is 0. The first kappa shape index (κ1) is 12.3. The van der Waals surface area contributed by atoms with Crippen LogP contribution in [0, 0.1) is 13.8 Å². The zero-order valence-electron chi connectivity index (χ0n) is 11.7. The lowest BCUT2D eigenvalue weighted by molar-refractivity contribution is 0.625. The Balaban J connectivity index is 1.79. The molecule has 1 unspecified atom stereocenters. The maximum Gasteiger partial charge on any atom is 0.0374 e. The van der Waals surface area contributed by atoms with Gasteiger partial charge in [-0.15, -0.1) is 0 Å². The van der Waals surface area contributed by atoms with Crippen LogP contribution < -0.4 is 5.32 Å². The molecule has 0 bridgehead atoms. The van der Waals surface area contributed by atoms with Gasteiger partial charge in [-0.2, -0.15) is 0 Å². The lowest BCUT2D eigenvalue weighted by Gasteiger charge is -2.28. The number of rotatable bonds is 2. The summed E-state index contributed by atoms with van der Waals surface area (Å²) in [6.07, 6.45) is 3.55. The molecule has 1 aliphatic rings. The molecule has 1 N–H and O–H groups in total.